The van der Waals surface area contributed by atoms with Gasteiger partial charge in [-0.25, -0.2) is 19.4 Å². The maximum absolute atomic E-state index is 11.7. The molecule has 0 atom stereocenters. The van der Waals surface area contributed by atoms with Crippen molar-refractivity contribution in [2.24, 2.45) is 0 Å². The Kier molecular flexibility index (Phi) is 7.52. The predicted molar refractivity (Wildman–Crippen MR) is 131 cm³/mol. The van der Waals surface area contributed by atoms with Crippen molar-refractivity contribution >= 4 is 44.0 Å². The van der Waals surface area contributed by atoms with Gasteiger partial charge in [-0.15, -0.1) is 0 Å². The first-order valence-corrected chi connectivity index (χ1v) is 11.7. The number of rotatable bonds is 7. The van der Waals surface area contributed by atoms with Crippen LogP contribution in [0.15, 0.2) is 65.4 Å². The number of hydrogen-bond acceptors (Lipinski definition) is 4. The second-order valence-electron chi connectivity index (χ2n) is 7.94. The largest absolute Gasteiger partial charge is 1.00 e. The minimum Gasteiger partial charge on any atom is -0.478 e. The van der Waals surface area contributed by atoms with E-state index in [1.807, 2.05) is 24.3 Å². The van der Waals surface area contributed by atoms with Gasteiger partial charge in [0.2, 0.25) is 0 Å². The second-order valence-corrected chi connectivity index (χ2v) is 8.69. The molecule has 0 bridgehead atoms. The van der Waals surface area contributed by atoms with Gasteiger partial charge in [0.15, 0.2) is 5.65 Å². The summed E-state index contributed by atoms with van der Waals surface area (Å²) in [5.41, 5.74) is 4.38. The molecular formula is C25H22BrN5NaO2+. The molecule has 0 radical (unpaired) electrons. The van der Waals surface area contributed by atoms with Crippen LogP contribution in [0.4, 0.5) is 0 Å². The van der Waals surface area contributed by atoms with E-state index >= 15 is 0 Å². The van der Waals surface area contributed by atoms with Crippen LogP contribution in [0.2, 0.25) is 0 Å². The predicted octanol–water partition coefficient (Wildman–Crippen LogP) is 2.63. The van der Waals surface area contributed by atoms with E-state index in [0.717, 1.165) is 52.7 Å². The third-order valence-corrected chi connectivity index (χ3v) is 6.48. The van der Waals surface area contributed by atoms with Gasteiger partial charge in [0.05, 0.1) is 23.3 Å². The molecule has 0 fully saturated rings. The molecule has 7 nitrogen and oxygen atoms in total. The molecule has 166 valence electrons. The van der Waals surface area contributed by atoms with Gasteiger partial charge in [-0.05, 0) is 64.3 Å². The van der Waals surface area contributed by atoms with Crippen LogP contribution in [-0.4, -0.2) is 35.4 Å². The number of unbranched alkanes of at least 4 members (excludes halogenated alkanes) is 1. The van der Waals surface area contributed by atoms with Crippen LogP contribution in [0.5, 0.6) is 0 Å². The van der Waals surface area contributed by atoms with Crippen molar-refractivity contribution in [1.29, 1.82) is 0 Å². The van der Waals surface area contributed by atoms with Gasteiger partial charge in [0.1, 0.15) is 15.9 Å². The Bertz CT molecular complexity index is 1490. The zero-order valence-corrected chi connectivity index (χ0v) is 22.7. The van der Waals surface area contributed by atoms with E-state index in [4.69, 9.17) is 4.98 Å². The quantitative estimate of drug-likeness (QED) is 0.329. The number of carboxylic acids is 1. The van der Waals surface area contributed by atoms with Crippen LogP contribution in [-0.2, 0) is 13.0 Å². The molecule has 0 aliphatic rings. The number of carbonyl (C=O) groups is 1. The number of carboxylic acid groups (broad SMARTS) is 1. The van der Waals surface area contributed by atoms with E-state index in [1.54, 1.807) is 35.1 Å². The third kappa shape index (κ3) is 4.55. The van der Waals surface area contributed by atoms with Crippen LogP contribution in [0, 0.1) is 0 Å². The molecule has 0 saturated heterocycles. The molecule has 5 rings (SSSR count). The van der Waals surface area contributed by atoms with E-state index in [1.165, 1.54) is 0 Å². The number of pyridine rings is 1. The summed E-state index contributed by atoms with van der Waals surface area (Å²) in [5.74, 6) is 0.0487. The van der Waals surface area contributed by atoms with Crippen molar-refractivity contribution in [2.45, 2.75) is 32.7 Å². The fourth-order valence-electron chi connectivity index (χ4n) is 4.08. The average molecular weight is 527 g/mol. The van der Waals surface area contributed by atoms with Crippen molar-refractivity contribution in [1.82, 2.24) is 24.3 Å². The molecule has 0 amide bonds. The topological polar surface area (TPSA) is 85.8 Å². The number of aromatic nitrogens is 5. The Balaban J connectivity index is 0.00000274. The average Bonchev–Trinajstić information content (AvgIpc) is 3.35. The first-order chi connectivity index (χ1) is 16.1. The minimum atomic E-state index is -0.989. The Morgan fingerprint density at radius 2 is 1.91 bits per heavy atom. The number of hydrogen-bond donors (Lipinski definition) is 1. The summed E-state index contributed by atoms with van der Waals surface area (Å²) >= 11 is 3.65. The SMILES string of the molecule is CCCCc1nc2cccnc2n1Cc1ccc2nn(-c3ccccc3C(=O)O)c(Br)c2c1.[Na+]. The first-order valence-electron chi connectivity index (χ1n) is 10.9. The zero-order chi connectivity index (χ0) is 22.9. The van der Waals surface area contributed by atoms with E-state index < -0.39 is 5.97 Å². The maximum atomic E-state index is 11.7. The number of benzene rings is 2. The van der Waals surface area contributed by atoms with Crippen molar-refractivity contribution in [2.75, 3.05) is 0 Å². The molecule has 5 aromatic rings. The minimum absolute atomic E-state index is 0. The molecule has 3 aromatic heterocycles. The number of aryl methyl sites for hydroxylation is 1. The summed E-state index contributed by atoms with van der Waals surface area (Å²) in [6.45, 7) is 2.82. The number of aromatic carboxylic acids is 1. The second kappa shape index (κ2) is 10.4. The molecule has 9 heteroatoms. The first kappa shape index (κ1) is 24.6. The van der Waals surface area contributed by atoms with Crippen LogP contribution in [0.25, 0.3) is 27.8 Å². The molecule has 34 heavy (non-hydrogen) atoms. The Morgan fingerprint density at radius 3 is 2.71 bits per heavy atom. The summed E-state index contributed by atoms with van der Waals surface area (Å²) < 4.78 is 4.54. The number of nitrogens with zero attached hydrogens (tertiary/aromatic N) is 5. The molecule has 0 saturated carbocycles. The number of imidazole rings is 1. The van der Waals surface area contributed by atoms with Crippen molar-refractivity contribution < 1.29 is 39.5 Å². The molecular weight excluding hydrogens is 505 g/mol. The summed E-state index contributed by atoms with van der Waals surface area (Å²) in [6.07, 6.45) is 4.88. The van der Waals surface area contributed by atoms with E-state index in [2.05, 4.69) is 43.6 Å². The fourth-order valence-corrected chi connectivity index (χ4v) is 4.67. The fraction of sp³-hybridized carbons (Fsp3) is 0.200. The molecule has 0 aliphatic heterocycles. The summed E-state index contributed by atoms with van der Waals surface area (Å²) in [6, 6.07) is 16.9. The number of halogens is 1. The Morgan fingerprint density at radius 1 is 1.09 bits per heavy atom. The zero-order valence-electron chi connectivity index (χ0n) is 19.1. The molecule has 0 unspecified atom stereocenters. The van der Waals surface area contributed by atoms with Crippen molar-refractivity contribution in [3.05, 3.63) is 82.3 Å². The van der Waals surface area contributed by atoms with E-state index in [0.29, 0.717) is 16.8 Å². The van der Waals surface area contributed by atoms with Gasteiger partial charge in [-0.1, -0.05) is 31.5 Å². The monoisotopic (exact) mass is 526 g/mol. The Hall–Kier alpha value is -2.52. The van der Waals surface area contributed by atoms with Crippen LogP contribution in [0.3, 0.4) is 0 Å². The maximum Gasteiger partial charge on any atom is 1.00 e. The molecule has 2 aromatic carbocycles. The molecule has 1 N–H and O–H groups in total. The van der Waals surface area contributed by atoms with Gasteiger partial charge in [-0.2, -0.15) is 5.10 Å². The molecule has 0 spiro atoms. The number of fused-ring (bicyclic) bond motifs is 2. The Labute approximate surface area is 227 Å². The van der Waals surface area contributed by atoms with Crippen molar-refractivity contribution in [3.8, 4) is 5.69 Å². The van der Waals surface area contributed by atoms with Crippen molar-refractivity contribution in [3.63, 3.8) is 0 Å². The smallest absolute Gasteiger partial charge is 0.478 e. The summed E-state index contributed by atoms with van der Waals surface area (Å²) in [7, 11) is 0. The molecule has 3 heterocycles. The van der Waals surface area contributed by atoms with Gasteiger partial charge in [-0.3, -0.25) is 0 Å². The van der Waals surface area contributed by atoms with Crippen LogP contribution >= 0.6 is 15.9 Å². The summed E-state index contributed by atoms with van der Waals surface area (Å²) in [4.78, 5) is 21.1. The third-order valence-electron chi connectivity index (χ3n) is 5.72. The van der Waals surface area contributed by atoms with E-state index in [9.17, 15) is 9.90 Å². The van der Waals surface area contributed by atoms with Gasteiger partial charge < -0.3 is 9.67 Å². The van der Waals surface area contributed by atoms with E-state index in [-0.39, 0.29) is 35.1 Å². The molecule has 0 aliphatic carbocycles. The van der Waals surface area contributed by atoms with Gasteiger partial charge >= 0.3 is 35.5 Å². The normalized spacial score (nSPS) is 11.1. The van der Waals surface area contributed by atoms with Gasteiger partial charge in [0, 0.05) is 18.0 Å². The number of para-hydroxylation sites is 1. The van der Waals surface area contributed by atoms with Crippen LogP contribution in [0.1, 0.15) is 41.5 Å². The van der Waals surface area contributed by atoms with Crippen LogP contribution < -0.4 is 29.6 Å². The summed E-state index contributed by atoms with van der Waals surface area (Å²) in [5, 5.41) is 15.1. The van der Waals surface area contributed by atoms with Gasteiger partial charge in [0.25, 0.3) is 0 Å². The standard InChI is InChI=1S/C25H22BrN5O2.Na/c1-2-3-10-22-28-20-8-6-13-27-24(20)30(22)15-16-11-12-19-18(14-16)23(26)31(29-19)21-9-5-4-7-17(21)25(32)33;/h4-9,11-14H,2-3,10,15H2,1H3,(H,32,33);/q;+1.